The van der Waals surface area contributed by atoms with E-state index >= 15 is 0 Å². The van der Waals surface area contributed by atoms with Crippen LogP contribution in [0.2, 0.25) is 0 Å². The minimum Gasteiger partial charge on any atom is -0.476 e. The fourth-order valence-corrected chi connectivity index (χ4v) is 4.76. The van der Waals surface area contributed by atoms with Crippen LogP contribution in [0.5, 0.6) is 5.88 Å². The second-order valence-electron chi connectivity index (χ2n) is 8.72. The van der Waals surface area contributed by atoms with E-state index in [1.165, 1.54) is 0 Å². The minimum absolute atomic E-state index is 0.0501. The molecular weight excluding hydrogens is 440 g/mol. The number of ether oxygens (including phenoxy) is 2. The van der Waals surface area contributed by atoms with Crippen molar-refractivity contribution in [1.29, 1.82) is 0 Å². The molecule has 1 aliphatic rings. The summed E-state index contributed by atoms with van der Waals surface area (Å²) in [6.45, 7) is 4.94. The lowest BCUT2D eigenvalue weighted by Gasteiger charge is -2.26. The van der Waals surface area contributed by atoms with Crippen LogP contribution in [0.15, 0.2) is 77.6 Å². The first-order valence-electron chi connectivity index (χ1n) is 12.0. The number of morpholine rings is 1. The lowest BCUT2D eigenvalue weighted by molar-refractivity contribution is 0.0321. The Morgan fingerprint density at radius 1 is 0.800 bits per heavy atom. The van der Waals surface area contributed by atoms with Crippen LogP contribution in [0.25, 0.3) is 32.6 Å². The molecule has 0 unspecified atom stereocenters. The monoisotopic (exact) mass is 466 g/mol. The summed E-state index contributed by atoms with van der Waals surface area (Å²) in [6, 6.07) is 23.6. The summed E-state index contributed by atoms with van der Waals surface area (Å²) in [7, 11) is 0. The molecule has 35 heavy (non-hydrogen) atoms. The number of hydrogen-bond acceptors (Lipinski definition) is 6. The van der Waals surface area contributed by atoms with E-state index in [1.807, 2.05) is 66.7 Å². The van der Waals surface area contributed by atoms with Crippen molar-refractivity contribution in [2.24, 2.45) is 0 Å². The molecular formula is C28H26N4O3. The van der Waals surface area contributed by atoms with Crippen molar-refractivity contribution in [2.45, 2.75) is 6.54 Å². The molecule has 7 heteroatoms. The van der Waals surface area contributed by atoms with Gasteiger partial charge in [-0.25, -0.2) is 4.98 Å². The highest BCUT2D eigenvalue weighted by Gasteiger charge is 2.15. The highest BCUT2D eigenvalue weighted by molar-refractivity contribution is 6.05. The summed E-state index contributed by atoms with van der Waals surface area (Å²) in [5, 5.41) is 3.55. The van der Waals surface area contributed by atoms with Crippen LogP contribution in [0, 0.1) is 0 Å². The third-order valence-corrected chi connectivity index (χ3v) is 6.55. The third kappa shape index (κ3) is 4.24. The molecule has 2 aromatic heterocycles. The maximum absolute atomic E-state index is 13.5. The van der Waals surface area contributed by atoms with E-state index in [-0.39, 0.29) is 12.1 Å². The van der Waals surface area contributed by atoms with Gasteiger partial charge in [0.2, 0.25) is 5.88 Å². The summed E-state index contributed by atoms with van der Waals surface area (Å²) in [4.78, 5) is 25.4. The number of benzene rings is 3. The first-order chi connectivity index (χ1) is 17.3. The van der Waals surface area contributed by atoms with Crippen molar-refractivity contribution in [2.75, 3.05) is 39.5 Å². The molecule has 0 amide bonds. The Labute approximate surface area is 202 Å². The van der Waals surface area contributed by atoms with E-state index in [0.717, 1.165) is 60.0 Å². The zero-order valence-corrected chi connectivity index (χ0v) is 19.4. The predicted octanol–water partition coefficient (Wildman–Crippen LogP) is 3.86. The number of fused-ring (bicyclic) bond motifs is 4. The van der Waals surface area contributed by atoms with Gasteiger partial charge in [0.05, 0.1) is 36.2 Å². The first kappa shape index (κ1) is 21.7. The van der Waals surface area contributed by atoms with E-state index in [9.17, 15) is 4.79 Å². The standard InChI is InChI=1S/C28H26N4O3/c33-28-22-9-2-1-7-20(22)21-8-4-6-12-25(21)32(28)19-26-29-24-11-5-3-10-23(24)27(30-26)35-18-15-31-13-16-34-17-14-31/h1-12H,13-19H2. The average molecular weight is 467 g/mol. The summed E-state index contributed by atoms with van der Waals surface area (Å²) in [6.07, 6.45) is 0. The summed E-state index contributed by atoms with van der Waals surface area (Å²) >= 11 is 0. The Bertz CT molecular complexity index is 1570. The second kappa shape index (κ2) is 9.44. The van der Waals surface area contributed by atoms with Crippen molar-refractivity contribution in [3.63, 3.8) is 0 Å². The molecule has 1 saturated heterocycles. The van der Waals surface area contributed by atoms with Crippen LogP contribution in [0.1, 0.15) is 5.82 Å². The average Bonchev–Trinajstić information content (AvgIpc) is 2.91. The Morgan fingerprint density at radius 2 is 1.49 bits per heavy atom. The van der Waals surface area contributed by atoms with Crippen LogP contribution < -0.4 is 10.3 Å². The molecule has 176 valence electrons. The van der Waals surface area contributed by atoms with Crippen molar-refractivity contribution in [3.8, 4) is 5.88 Å². The van der Waals surface area contributed by atoms with Gasteiger partial charge >= 0.3 is 0 Å². The summed E-state index contributed by atoms with van der Waals surface area (Å²) < 4.78 is 13.4. The van der Waals surface area contributed by atoms with Crippen LogP contribution in [0.4, 0.5) is 0 Å². The van der Waals surface area contributed by atoms with E-state index in [2.05, 4.69) is 11.0 Å². The van der Waals surface area contributed by atoms with Gasteiger partial charge in [-0.15, -0.1) is 0 Å². The highest BCUT2D eigenvalue weighted by atomic mass is 16.5. The maximum Gasteiger partial charge on any atom is 0.259 e. The lowest BCUT2D eigenvalue weighted by Crippen LogP contribution is -2.38. The normalized spacial score (nSPS) is 14.6. The van der Waals surface area contributed by atoms with Gasteiger partial charge in [-0.05, 0) is 29.7 Å². The van der Waals surface area contributed by atoms with Gasteiger partial charge in [0.15, 0.2) is 5.82 Å². The molecule has 1 aliphatic heterocycles. The topological polar surface area (TPSA) is 69.5 Å². The fourth-order valence-electron chi connectivity index (χ4n) is 4.76. The largest absolute Gasteiger partial charge is 0.476 e. The van der Waals surface area contributed by atoms with E-state index < -0.39 is 0 Å². The molecule has 1 fully saturated rings. The molecule has 0 bridgehead atoms. The van der Waals surface area contributed by atoms with Crippen molar-refractivity contribution >= 4 is 32.6 Å². The van der Waals surface area contributed by atoms with E-state index in [4.69, 9.17) is 19.4 Å². The van der Waals surface area contributed by atoms with Crippen molar-refractivity contribution < 1.29 is 9.47 Å². The van der Waals surface area contributed by atoms with Crippen molar-refractivity contribution in [1.82, 2.24) is 19.4 Å². The van der Waals surface area contributed by atoms with Gasteiger partial charge in [0.25, 0.3) is 5.56 Å². The van der Waals surface area contributed by atoms with Crippen LogP contribution in [0.3, 0.4) is 0 Å². The molecule has 0 N–H and O–H groups in total. The zero-order chi connectivity index (χ0) is 23.6. The maximum atomic E-state index is 13.5. The molecule has 0 spiro atoms. The van der Waals surface area contributed by atoms with Gasteiger partial charge in [-0.1, -0.05) is 48.5 Å². The molecule has 7 nitrogen and oxygen atoms in total. The van der Waals surface area contributed by atoms with Gasteiger partial charge < -0.3 is 14.0 Å². The fraction of sp³-hybridized carbons (Fsp3) is 0.250. The first-order valence-corrected chi connectivity index (χ1v) is 12.0. The second-order valence-corrected chi connectivity index (χ2v) is 8.72. The zero-order valence-electron chi connectivity index (χ0n) is 19.4. The van der Waals surface area contributed by atoms with Crippen LogP contribution in [-0.2, 0) is 11.3 Å². The molecule has 0 atom stereocenters. The Morgan fingerprint density at radius 3 is 2.31 bits per heavy atom. The SMILES string of the molecule is O=c1c2ccccc2c2ccccc2n1Cc1nc(OCCN2CCOCC2)c2ccccc2n1. The number of pyridine rings is 1. The molecule has 6 rings (SSSR count). The molecule has 0 radical (unpaired) electrons. The minimum atomic E-state index is -0.0501. The Balaban J connectivity index is 1.38. The molecule has 3 heterocycles. The number of aromatic nitrogens is 3. The van der Waals surface area contributed by atoms with Gasteiger partial charge in [-0.3, -0.25) is 9.69 Å². The Kier molecular flexibility index (Phi) is 5.86. The highest BCUT2D eigenvalue weighted by Crippen LogP contribution is 2.25. The van der Waals surface area contributed by atoms with Gasteiger partial charge in [0, 0.05) is 30.4 Å². The molecule has 3 aromatic carbocycles. The number of hydrogen-bond donors (Lipinski definition) is 0. The molecule has 5 aromatic rings. The lowest BCUT2D eigenvalue weighted by atomic mass is 10.1. The van der Waals surface area contributed by atoms with Crippen LogP contribution in [-0.4, -0.2) is 58.9 Å². The van der Waals surface area contributed by atoms with Crippen molar-refractivity contribution in [3.05, 3.63) is 89.0 Å². The number of para-hydroxylation sites is 2. The van der Waals surface area contributed by atoms with E-state index in [0.29, 0.717) is 23.7 Å². The third-order valence-electron chi connectivity index (χ3n) is 6.55. The summed E-state index contributed by atoms with van der Waals surface area (Å²) in [5.74, 6) is 1.10. The number of nitrogens with zero attached hydrogens (tertiary/aromatic N) is 4. The quantitative estimate of drug-likeness (QED) is 0.354. The van der Waals surface area contributed by atoms with Crippen LogP contribution >= 0.6 is 0 Å². The van der Waals surface area contributed by atoms with Gasteiger partial charge in [-0.2, -0.15) is 4.98 Å². The number of rotatable bonds is 6. The molecule has 0 aliphatic carbocycles. The summed E-state index contributed by atoms with van der Waals surface area (Å²) in [5.41, 5.74) is 1.62. The van der Waals surface area contributed by atoms with Gasteiger partial charge in [0.1, 0.15) is 6.61 Å². The molecule has 0 saturated carbocycles. The van der Waals surface area contributed by atoms with E-state index in [1.54, 1.807) is 4.57 Å². The smallest absolute Gasteiger partial charge is 0.259 e. The predicted molar refractivity (Wildman–Crippen MR) is 137 cm³/mol. The Hall–Kier alpha value is -3.81.